The Balaban J connectivity index is 1.45. The molecule has 168 valence electrons. The summed E-state index contributed by atoms with van der Waals surface area (Å²) in [6.07, 6.45) is 1.33. The van der Waals surface area contributed by atoms with E-state index in [2.05, 4.69) is 6.07 Å². The van der Waals surface area contributed by atoms with Gasteiger partial charge in [0.05, 0.1) is 6.54 Å². The van der Waals surface area contributed by atoms with E-state index in [1.165, 1.54) is 11.0 Å². The van der Waals surface area contributed by atoms with E-state index in [0.29, 0.717) is 24.3 Å². The largest absolute Gasteiger partial charge is 0.444 e. The summed E-state index contributed by atoms with van der Waals surface area (Å²) in [4.78, 5) is 14.1. The molecule has 5 heteroatoms. The van der Waals surface area contributed by atoms with Crippen molar-refractivity contribution < 1.29 is 18.4 Å². The Morgan fingerprint density at radius 2 is 1.76 bits per heavy atom. The molecule has 1 aromatic heterocycles. The van der Waals surface area contributed by atoms with Gasteiger partial charge >= 0.3 is 5.63 Å². The van der Waals surface area contributed by atoms with Crippen LogP contribution < -0.4 is 15.3 Å². The second-order valence-electron chi connectivity index (χ2n) is 8.87. The zero-order valence-corrected chi connectivity index (χ0v) is 18.9. The van der Waals surface area contributed by atoms with Gasteiger partial charge in [-0.15, -0.1) is 0 Å². The van der Waals surface area contributed by atoms with Crippen LogP contribution in [0.1, 0.15) is 33.4 Å². The molecule has 2 heterocycles. The minimum atomic E-state index is -0.287. The van der Waals surface area contributed by atoms with Gasteiger partial charge in [-0.05, 0) is 48.7 Å². The normalized spacial score (nSPS) is 15.3. The highest BCUT2D eigenvalue weighted by Gasteiger charge is 2.26. The maximum atomic E-state index is 13.5. The Bertz CT molecular complexity index is 1380. The van der Waals surface area contributed by atoms with Crippen LogP contribution in [0.2, 0.25) is 0 Å². The maximum absolute atomic E-state index is 13.5. The van der Waals surface area contributed by atoms with Crippen molar-refractivity contribution in [2.24, 2.45) is 0 Å². The van der Waals surface area contributed by atoms with Crippen molar-refractivity contribution in [2.75, 3.05) is 13.3 Å². The van der Waals surface area contributed by atoms with E-state index in [1.54, 1.807) is 12.1 Å². The number of hydrogen-bond donors (Lipinski definition) is 1. The molecule has 0 saturated carbocycles. The highest BCUT2D eigenvalue weighted by Crippen LogP contribution is 2.34. The van der Waals surface area contributed by atoms with Crippen LogP contribution >= 0.6 is 0 Å². The maximum Gasteiger partial charge on any atom is 0.340 e. The molecule has 0 saturated heterocycles. The number of nitrogens with one attached hydrogen (secondary N) is 1. The Morgan fingerprint density at radius 3 is 2.55 bits per heavy atom. The standard InChI is InChI=1S/C28H26FNO3/c1-18-24-15-22-16-30(12-11-21-9-6-10-23(29)13-21)17-32-26(22)19(2)27(24)33-28(31)25(18)14-20-7-4-3-5-8-20/h3-10,13,15H,11-12,14,16-17H2,1-2H3/p+1. The predicted octanol–water partition coefficient (Wildman–Crippen LogP) is 4.12. The first-order valence-electron chi connectivity index (χ1n) is 11.3. The number of hydrogen-bond acceptors (Lipinski definition) is 3. The van der Waals surface area contributed by atoms with Gasteiger partial charge in [-0.1, -0.05) is 42.5 Å². The first-order valence-corrected chi connectivity index (χ1v) is 11.3. The lowest BCUT2D eigenvalue weighted by Crippen LogP contribution is -3.12. The van der Waals surface area contributed by atoms with Gasteiger partial charge in [-0.25, -0.2) is 9.18 Å². The van der Waals surface area contributed by atoms with Crippen molar-refractivity contribution in [1.82, 2.24) is 0 Å². The SMILES string of the molecule is Cc1c(Cc2ccccc2)c(=O)oc2c(C)c3c(cc12)C[NH+](CCc1cccc(F)c1)CO3. The highest BCUT2D eigenvalue weighted by atomic mass is 19.1. The average Bonchev–Trinajstić information content (AvgIpc) is 2.82. The molecule has 4 nitrogen and oxygen atoms in total. The van der Waals surface area contributed by atoms with Crippen LogP contribution in [0, 0.1) is 19.7 Å². The van der Waals surface area contributed by atoms with Crippen molar-refractivity contribution in [2.45, 2.75) is 33.2 Å². The Labute approximate surface area is 192 Å². The number of fused-ring (bicyclic) bond motifs is 2. The van der Waals surface area contributed by atoms with Crippen LogP contribution in [0.5, 0.6) is 5.75 Å². The number of quaternary nitrogens is 1. The highest BCUT2D eigenvalue weighted by molar-refractivity contribution is 5.87. The minimum Gasteiger partial charge on any atom is -0.444 e. The molecular formula is C28H27FNO3+. The summed E-state index contributed by atoms with van der Waals surface area (Å²) in [5.41, 5.74) is 6.04. The fourth-order valence-electron chi connectivity index (χ4n) is 4.74. The molecule has 1 atom stereocenters. The van der Waals surface area contributed by atoms with Gasteiger partial charge in [0.2, 0.25) is 6.73 Å². The Morgan fingerprint density at radius 1 is 0.970 bits per heavy atom. The third kappa shape index (κ3) is 4.29. The third-order valence-corrected chi connectivity index (χ3v) is 6.57. The van der Waals surface area contributed by atoms with Crippen LogP contribution in [0.15, 0.2) is 69.9 Å². The molecular weight excluding hydrogens is 417 g/mol. The van der Waals surface area contributed by atoms with Gasteiger partial charge in [0.1, 0.15) is 23.7 Å². The van der Waals surface area contributed by atoms with Gasteiger partial charge in [-0.3, -0.25) is 4.90 Å². The second kappa shape index (κ2) is 8.83. The average molecular weight is 445 g/mol. The molecule has 0 fully saturated rings. The number of benzene rings is 3. The van der Waals surface area contributed by atoms with Crippen molar-refractivity contribution in [1.29, 1.82) is 0 Å². The molecule has 1 aliphatic heterocycles. The number of rotatable bonds is 5. The summed E-state index contributed by atoms with van der Waals surface area (Å²) in [6.45, 7) is 6.15. The lowest BCUT2D eigenvalue weighted by atomic mass is 9.96. The first kappa shape index (κ1) is 21.4. The van der Waals surface area contributed by atoms with Gasteiger partial charge in [0, 0.05) is 34.9 Å². The van der Waals surface area contributed by atoms with Crippen molar-refractivity contribution in [3.05, 3.63) is 110 Å². The molecule has 1 unspecified atom stereocenters. The van der Waals surface area contributed by atoms with Crippen molar-refractivity contribution in [3.63, 3.8) is 0 Å². The first-order chi connectivity index (χ1) is 16.0. The summed E-state index contributed by atoms with van der Waals surface area (Å²) in [5, 5.41) is 0.965. The van der Waals surface area contributed by atoms with Crippen LogP contribution in [-0.2, 0) is 19.4 Å². The zero-order valence-electron chi connectivity index (χ0n) is 18.9. The number of ether oxygens (including phenoxy) is 1. The van der Waals surface area contributed by atoms with Gasteiger partial charge in [0.15, 0.2) is 0 Å². The number of halogens is 1. The van der Waals surface area contributed by atoms with E-state index < -0.39 is 0 Å². The van der Waals surface area contributed by atoms with Crippen LogP contribution in [0.25, 0.3) is 11.0 Å². The van der Waals surface area contributed by atoms with Gasteiger partial charge in [0.25, 0.3) is 0 Å². The Hall–Kier alpha value is -3.44. The van der Waals surface area contributed by atoms with E-state index in [-0.39, 0.29) is 11.4 Å². The number of aryl methyl sites for hydroxylation is 2. The van der Waals surface area contributed by atoms with Crippen molar-refractivity contribution >= 4 is 11.0 Å². The molecule has 1 aliphatic rings. The third-order valence-electron chi connectivity index (χ3n) is 6.57. The zero-order chi connectivity index (χ0) is 22.9. The fraction of sp³-hybridized carbons (Fsp3) is 0.250. The van der Waals surface area contributed by atoms with Crippen LogP contribution in [0.4, 0.5) is 4.39 Å². The Kier molecular flexibility index (Phi) is 5.73. The molecule has 0 spiro atoms. The summed E-state index contributed by atoms with van der Waals surface area (Å²) in [7, 11) is 0. The van der Waals surface area contributed by atoms with E-state index >= 15 is 0 Å². The molecule has 0 amide bonds. The molecule has 4 aromatic rings. The summed E-state index contributed by atoms with van der Waals surface area (Å²) < 4.78 is 25.4. The van der Waals surface area contributed by atoms with E-state index in [9.17, 15) is 9.18 Å². The molecule has 0 bridgehead atoms. The molecule has 5 rings (SSSR count). The smallest absolute Gasteiger partial charge is 0.340 e. The second-order valence-corrected chi connectivity index (χ2v) is 8.87. The minimum absolute atomic E-state index is 0.201. The summed E-state index contributed by atoms with van der Waals surface area (Å²) in [5.74, 6) is 0.614. The lowest BCUT2D eigenvalue weighted by Gasteiger charge is -2.28. The molecule has 0 radical (unpaired) electrons. The van der Waals surface area contributed by atoms with E-state index in [0.717, 1.165) is 58.5 Å². The van der Waals surface area contributed by atoms with Crippen LogP contribution in [0.3, 0.4) is 0 Å². The monoisotopic (exact) mass is 444 g/mol. The molecule has 33 heavy (non-hydrogen) atoms. The van der Waals surface area contributed by atoms with E-state index in [1.807, 2.05) is 50.2 Å². The van der Waals surface area contributed by atoms with Gasteiger partial charge in [-0.2, -0.15) is 0 Å². The quantitative estimate of drug-likeness (QED) is 0.471. The van der Waals surface area contributed by atoms with E-state index in [4.69, 9.17) is 9.15 Å². The molecule has 1 N–H and O–H groups in total. The molecule has 3 aromatic carbocycles. The summed E-state index contributed by atoms with van der Waals surface area (Å²) >= 11 is 0. The lowest BCUT2D eigenvalue weighted by molar-refractivity contribution is -0.932. The van der Waals surface area contributed by atoms with Gasteiger partial charge < -0.3 is 9.15 Å². The molecule has 0 aliphatic carbocycles. The fourth-order valence-corrected chi connectivity index (χ4v) is 4.74. The van der Waals surface area contributed by atoms with Crippen molar-refractivity contribution in [3.8, 4) is 5.75 Å². The summed E-state index contributed by atoms with van der Waals surface area (Å²) in [6, 6.07) is 18.9. The predicted molar refractivity (Wildman–Crippen MR) is 126 cm³/mol. The van der Waals surface area contributed by atoms with Crippen LogP contribution in [-0.4, -0.2) is 13.3 Å². The topological polar surface area (TPSA) is 43.9 Å².